The Kier molecular flexibility index (Phi) is 7.28. The highest BCUT2D eigenvalue weighted by Crippen LogP contribution is 2.42. The number of ether oxygens (including phenoxy) is 1. The van der Waals surface area contributed by atoms with Crippen molar-refractivity contribution in [1.82, 2.24) is 19.9 Å². The summed E-state index contributed by atoms with van der Waals surface area (Å²) < 4.78 is 52.2. The van der Waals surface area contributed by atoms with E-state index in [1.165, 1.54) is 24.4 Å². The molecule has 3 fully saturated rings. The Morgan fingerprint density at radius 1 is 1.14 bits per heavy atom. The molecule has 44 heavy (non-hydrogen) atoms. The lowest BCUT2D eigenvalue weighted by Gasteiger charge is -2.35. The number of hydrogen-bond donors (Lipinski definition) is 2. The average molecular weight is 608 g/mol. The van der Waals surface area contributed by atoms with Crippen LogP contribution in [0, 0.1) is 17.6 Å². The van der Waals surface area contributed by atoms with Crippen molar-refractivity contribution in [3.05, 3.63) is 47.7 Å². The molecule has 3 aliphatic heterocycles. The second kappa shape index (κ2) is 11.0. The third-order valence-electron chi connectivity index (χ3n) is 9.57. The molecule has 7 rings (SSSR count). The molecule has 0 unspecified atom stereocenters. The number of nitrogens with zero attached hydrogens (tertiary/aromatic N) is 5. The number of aliphatic hydroxyl groups is 1. The molecule has 3 saturated heterocycles. The van der Waals surface area contributed by atoms with E-state index in [2.05, 4.69) is 14.9 Å². The maximum absolute atomic E-state index is 16.7. The first kappa shape index (κ1) is 29.0. The van der Waals surface area contributed by atoms with Gasteiger partial charge in [-0.3, -0.25) is 9.88 Å². The Hall–Kier alpha value is -3.70. The Balaban J connectivity index is 1.38. The van der Waals surface area contributed by atoms with Crippen molar-refractivity contribution in [2.24, 2.45) is 5.92 Å². The SMILES string of the molecule is CCc1c(F)ccc2cc(O)cc(-c3ncc4c(N5C[C@@H](C)C[C@@H](O)C5)nc(OC[C@@]56CCCN5C[C@H](F)C6)nc4c3F)c12. The molecule has 0 spiro atoms. The van der Waals surface area contributed by atoms with Crippen LogP contribution >= 0.6 is 0 Å². The first-order valence-corrected chi connectivity index (χ1v) is 15.4. The summed E-state index contributed by atoms with van der Waals surface area (Å²) in [5.74, 6) is -0.726. The number of aliphatic hydroxyl groups excluding tert-OH is 1. The predicted octanol–water partition coefficient (Wildman–Crippen LogP) is 5.55. The number of aromatic nitrogens is 3. The fraction of sp³-hybridized carbons (Fsp3) is 0.485. The van der Waals surface area contributed by atoms with E-state index in [0.717, 1.165) is 19.4 Å². The van der Waals surface area contributed by atoms with Gasteiger partial charge in [0.15, 0.2) is 5.82 Å². The van der Waals surface area contributed by atoms with Crippen LogP contribution < -0.4 is 9.64 Å². The number of piperidine rings is 1. The van der Waals surface area contributed by atoms with Crippen LogP contribution in [0.2, 0.25) is 0 Å². The van der Waals surface area contributed by atoms with Crippen molar-refractivity contribution >= 4 is 27.5 Å². The van der Waals surface area contributed by atoms with Crippen LogP contribution in [0.4, 0.5) is 19.0 Å². The zero-order valence-corrected chi connectivity index (χ0v) is 24.9. The lowest BCUT2D eigenvalue weighted by molar-refractivity contribution is 0.107. The number of anilines is 1. The van der Waals surface area contributed by atoms with Gasteiger partial charge in [0, 0.05) is 37.8 Å². The number of benzene rings is 2. The Labute approximate surface area is 253 Å². The molecule has 0 bridgehead atoms. The highest BCUT2D eigenvalue weighted by molar-refractivity contribution is 6.01. The van der Waals surface area contributed by atoms with Crippen LogP contribution in [-0.4, -0.2) is 80.7 Å². The topological polar surface area (TPSA) is 94.8 Å². The van der Waals surface area contributed by atoms with E-state index in [1.807, 2.05) is 18.7 Å². The Bertz CT molecular complexity index is 1750. The van der Waals surface area contributed by atoms with E-state index in [1.54, 1.807) is 6.07 Å². The second-order valence-corrected chi connectivity index (χ2v) is 12.7. The number of halogens is 3. The van der Waals surface area contributed by atoms with Gasteiger partial charge in [0.25, 0.3) is 0 Å². The molecule has 0 aliphatic carbocycles. The molecule has 5 heterocycles. The summed E-state index contributed by atoms with van der Waals surface area (Å²) in [6.07, 6.45) is 3.09. The quantitative estimate of drug-likeness (QED) is 0.295. The number of pyridine rings is 1. The fourth-order valence-electron chi connectivity index (χ4n) is 7.69. The molecule has 232 valence electrons. The number of phenolic OH excluding ortho intramolecular Hbond substituents is 1. The number of aryl methyl sites for hydroxylation is 1. The molecule has 4 atom stereocenters. The Morgan fingerprint density at radius 2 is 1.98 bits per heavy atom. The standard InChI is InChI=1S/C33H36F3N5O3/c1-3-23-26(35)6-5-19-10-21(42)11-24(27(19)23)29-28(36)30-25(13-37-29)31(40-14-18(2)9-22(43)16-40)39-32(38-30)44-17-33-7-4-8-41(33)15-20(34)12-33/h5-6,10-11,13,18,20,22,42-43H,3-4,7-9,12,14-17H2,1-2H3/t18-,20+,22+,33-/m0/s1. The van der Waals surface area contributed by atoms with Crippen LogP contribution in [0.25, 0.3) is 32.9 Å². The van der Waals surface area contributed by atoms with E-state index < -0.39 is 29.4 Å². The van der Waals surface area contributed by atoms with Gasteiger partial charge in [0.1, 0.15) is 41.4 Å². The van der Waals surface area contributed by atoms with E-state index in [4.69, 9.17) is 9.72 Å². The summed E-state index contributed by atoms with van der Waals surface area (Å²) in [6, 6.07) is 5.76. The maximum Gasteiger partial charge on any atom is 0.319 e. The largest absolute Gasteiger partial charge is 0.508 e. The second-order valence-electron chi connectivity index (χ2n) is 12.7. The molecular weight excluding hydrogens is 571 g/mol. The Morgan fingerprint density at radius 3 is 2.77 bits per heavy atom. The summed E-state index contributed by atoms with van der Waals surface area (Å²) in [6.45, 7) is 6.09. The van der Waals surface area contributed by atoms with Crippen LogP contribution in [0.3, 0.4) is 0 Å². The summed E-state index contributed by atoms with van der Waals surface area (Å²) in [5.41, 5.74) is 0.0742. The zero-order valence-electron chi connectivity index (χ0n) is 24.9. The van der Waals surface area contributed by atoms with Crippen molar-refractivity contribution in [1.29, 1.82) is 0 Å². The normalized spacial score (nSPS) is 25.7. The highest BCUT2D eigenvalue weighted by Gasteiger charge is 2.49. The van der Waals surface area contributed by atoms with Gasteiger partial charge < -0.3 is 19.8 Å². The summed E-state index contributed by atoms with van der Waals surface area (Å²) in [5, 5.41) is 22.5. The number of hydrogen-bond acceptors (Lipinski definition) is 8. The maximum atomic E-state index is 16.7. The molecular formula is C33H36F3N5O3. The summed E-state index contributed by atoms with van der Waals surface area (Å²) in [7, 11) is 0. The molecule has 2 aromatic carbocycles. The van der Waals surface area contributed by atoms with E-state index in [-0.39, 0.29) is 41.1 Å². The molecule has 0 saturated carbocycles. The summed E-state index contributed by atoms with van der Waals surface area (Å²) >= 11 is 0. The predicted molar refractivity (Wildman–Crippen MR) is 162 cm³/mol. The summed E-state index contributed by atoms with van der Waals surface area (Å²) in [4.78, 5) is 17.7. The first-order valence-electron chi connectivity index (χ1n) is 15.4. The molecule has 4 aromatic rings. The third kappa shape index (κ3) is 4.90. The lowest BCUT2D eigenvalue weighted by Crippen LogP contribution is -2.44. The monoisotopic (exact) mass is 607 g/mol. The lowest BCUT2D eigenvalue weighted by atomic mass is 9.94. The van der Waals surface area contributed by atoms with Crippen LogP contribution in [0.5, 0.6) is 11.8 Å². The number of β-amino-alcohol motifs (C(OH)–C–C–N with tert-alkyl or cyclic N) is 1. The van der Waals surface area contributed by atoms with Gasteiger partial charge >= 0.3 is 6.01 Å². The molecule has 2 N–H and O–H groups in total. The average Bonchev–Trinajstić information content (AvgIpc) is 3.51. The van der Waals surface area contributed by atoms with Gasteiger partial charge in [-0.1, -0.05) is 19.9 Å². The van der Waals surface area contributed by atoms with Crippen LogP contribution in [-0.2, 0) is 6.42 Å². The zero-order chi connectivity index (χ0) is 30.7. The van der Waals surface area contributed by atoms with Crippen molar-refractivity contribution in [2.45, 2.75) is 63.8 Å². The number of alkyl halides is 1. The fourth-order valence-corrected chi connectivity index (χ4v) is 7.69. The third-order valence-corrected chi connectivity index (χ3v) is 9.57. The smallest absolute Gasteiger partial charge is 0.319 e. The van der Waals surface area contributed by atoms with Gasteiger partial charge in [-0.25, -0.2) is 13.2 Å². The van der Waals surface area contributed by atoms with Crippen molar-refractivity contribution < 1.29 is 28.1 Å². The molecule has 0 radical (unpaired) electrons. The van der Waals surface area contributed by atoms with Gasteiger partial charge in [0.05, 0.1) is 17.0 Å². The molecule has 0 amide bonds. The highest BCUT2D eigenvalue weighted by atomic mass is 19.1. The van der Waals surface area contributed by atoms with Crippen LogP contribution in [0.15, 0.2) is 30.5 Å². The van der Waals surface area contributed by atoms with Gasteiger partial charge in [0.2, 0.25) is 0 Å². The number of fused-ring (bicyclic) bond motifs is 3. The minimum absolute atomic E-state index is 0.0378. The van der Waals surface area contributed by atoms with Crippen molar-refractivity contribution in [2.75, 3.05) is 37.7 Å². The van der Waals surface area contributed by atoms with E-state index >= 15 is 4.39 Å². The molecule has 8 nitrogen and oxygen atoms in total. The molecule has 3 aliphatic rings. The van der Waals surface area contributed by atoms with Crippen molar-refractivity contribution in [3.63, 3.8) is 0 Å². The number of phenols is 1. The van der Waals surface area contributed by atoms with Gasteiger partial charge in [-0.05, 0) is 72.7 Å². The molecule has 2 aromatic heterocycles. The number of aromatic hydroxyl groups is 1. The van der Waals surface area contributed by atoms with E-state index in [9.17, 15) is 19.0 Å². The minimum Gasteiger partial charge on any atom is -0.508 e. The first-order chi connectivity index (χ1) is 21.2. The molecule has 11 heteroatoms. The van der Waals surface area contributed by atoms with Gasteiger partial charge in [-0.2, -0.15) is 9.97 Å². The van der Waals surface area contributed by atoms with E-state index in [0.29, 0.717) is 66.4 Å². The van der Waals surface area contributed by atoms with Crippen LogP contribution in [0.1, 0.15) is 45.1 Å². The number of rotatable bonds is 6. The van der Waals surface area contributed by atoms with Gasteiger partial charge in [-0.15, -0.1) is 0 Å². The minimum atomic E-state index is -0.927. The van der Waals surface area contributed by atoms with Crippen molar-refractivity contribution in [3.8, 4) is 23.0 Å².